The monoisotopic (exact) mass is 350 g/mol. The minimum Gasteiger partial charge on any atom is -0.437 e. The van der Waals surface area contributed by atoms with E-state index in [2.05, 4.69) is 56.4 Å². The largest absolute Gasteiger partial charge is 0.437 e. The van der Waals surface area contributed by atoms with Crippen LogP contribution >= 0.6 is 0 Å². The molecule has 5 N–H and O–H groups in total. The minimum atomic E-state index is 0.0993. The van der Waals surface area contributed by atoms with Crippen molar-refractivity contribution < 1.29 is 4.74 Å². The molecule has 5 nitrogen and oxygen atoms in total. The molecular formula is C21H26N4O. The molecule has 0 aliphatic rings. The SMILES string of the molecule is C=C(N=C(N)NC(=C)c1ccc(C(C)(C)C)cc1)Oc1ccccc1N. The number of nitrogens with two attached hydrogens (primary N) is 2. The van der Waals surface area contributed by atoms with Gasteiger partial charge in [0.05, 0.1) is 5.69 Å². The average molecular weight is 350 g/mol. The molecule has 0 saturated carbocycles. The van der Waals surface area contributed by atoms with Crippen molar-refractivity contribution in [3.8, 4) is 5.75 Å². The van der Waals surface area contributed by atoms with E-state index in [0.717, 1.165) is 5.56 Å². The van der Waals surface area contributed by atoms with Gasteiger partial charge in [0, 0.05) is 5.70 Å². The van der Waals surface area contributed by atoms with Crippen molar-refractivity contribution in [3.63, 3.8) is 0 Å². The number of nitrogen functional groups attached to an aromatic ring is 1. The van der Waals surface area contributed by atoms with Crippen LogP contribution in [0.3, 0.4) is 0 Å². The van der Waals surface area contributed by atoms with Crippen LogP contribution in [-0.2, 0) is 5.41 Å². The van der Waals surface area contributed by atoms with Crippen molar-refractivity contribution in [2.75, 3.05) is 5.73 Å². The Balaban J connectivity index is 2.00. The number of guanidine groups is 1. The van der Waals surface area contributed by atoms with E-state index in [0.29, 0.717) is 17.1 Å². The molecule has 0 fully saturated rings. The fourth-order valence-electron chi connectivity index (χ4n) is 2.28. The summed E-state index contributed by atoms with van der Waals surface area (Å²) in [5.74, 6) is 0.740. The third-order valence-corrected chi connectivity index (χ3v) is 3.77. The number of ether oxygens (including phenoxy) is 1. The predicted octanol–water partition coefficient (Wildman–Crippen LogP) is 3.99. The highest BCUT2D eigenvalue weighted by atomic mass is 16.5. The normalized spacial score (nSPS) is 11.7. The lowest BCUT2D eigenvalue weighted by molar-refractivity contribution is 0.425. The summed E-state index contributed by atoms with van der Waals surface area (Å²) in [6.07, 6.45) is 0. The molecular weight excluding hydrogens is 324 g/mol. The van der Waals surface area contributed by atoms with E-state index in [1.807, 2.05) is 24.3 Å². The maximum Gasteiger partial charge on any atom is 0.215 e. The first-order valence-electron chi connectivity index (χ1n) is 8.29. The van der Waals surface area contributed by atoms with Crippen LogP contribution < -0.4 is 21.5 Å². The van der Waals surface area contributed by atoms with Gasteiger partial charge in [-0.1, -0.05) is 63.7 Å². The van der Waals surface area contributed by atoms with Crippen LogP contribution in [0.1, 0.15) is 31.9 Å². The van der Waals surface area contributed by atoms with Gasteiger partial charge in [0.1, 0.15) is 0 Å². The van der Waals surface area contributed by atoms with Crippen molar-refractivity contribution in [3.05, 3.63) is 78.7 Å². The van der Waals surface area contributed by atoms with Crippen LogP contribution in [0.25, 0.3) is 5.70 Å². The number of hydrogen-bond acceptors (Lipinski definition) is 3. The van der Waals surface area contributed by atoms with Gasteiger partial charge in [-0.2, -0.15) is 4.99 Å². The number of aliphatic imine (C=N–C) groups is 1. The van der Waals surface area contributed by atoms with E-state index >= 15 is 0 Å². The summed E-state index contributed by atoms with van der Waals surface area (Å²) in [4.78, 5) is 4.09. The Bertz CT molecular complexity index is 830. The highest BCUT2D eigenvalue weighted by molar-refractivity contribution is 5.88. The molecule has 0 aliphatic heterocycles. The molecule has 0 atom stereocenters. The van der Waals surface area contributed by atoms with E-state index in [4.69, 9.17) is 16.2 Å². The predicted molar refractivity (Wildman–Crippen MR) is 110 cm³/mol. The number of benzene rings is 2. The molecule has 0 spiro atoms. The standard InChI is InChI=1S/C21H26N4O/c1-14(16-10-12-17(13-11-16)21(3,4)5)24-20(23)25-15(2)26-19-9-7-6-8-18(19)22/h6-13H,1-2,22H2,3-5H3,(H3,23,24,25). The molecule has 0 aromatic heterocycles. The first kappa shape index (κ1) is 19.1. The van der Waals surface area contributed by atoms with Crippen LogP contribution in [0.2, 0.25) is 0 Å². The zero-order chi connectivity index (χ0) is 19.3. The zero-order valence-corrected chi connectivity index (χ0v) is 15.5. The molecule has 136 valence electrons. The first-order chi connectivity index (χ1) is 12.2. The Hall–Kier alpha value is -3.21. The lowest BCUT2D eigenvalue weighted by Gasteiger charge is -2.19. The lowest BCUT2D eigenvalue weighted by Crippen LogP contribution is -2.30. The number of anilines is 1. The number of rotatable bonds is 5. The summed E-state index contributed by atoms with van der Waals surface area (Å²) in [7, 11) is 0. The van der Waals surface area contributed by atoms with Crippen LogP contribution in [0.5, 0.6) is 5.75 Å². The Kier molecular flexibility index (Phi) is 5.72. The molecule has 0 bridgehead atoms. The van der Waals surface area contributed by atoms with Gasteiger partial charge in [0.15, 0.2) is 5.75 Å². The Morgan fingerprint density at radius 1 is 1.04 bits per heavy atom. The highest BCUT2D eigenvalue weighted by Gasteiger charge is 2.13. The van der Waals surface area contributed by atoms with Crippen LogP contribution in [-0.4, -0.2) is 5.96 Å². The molecule has 0 radical (unpaired) electrons. The van der Waals surface area contributed by atoms with Gasteiger partial charge in [0.25, 0.3) is 0 Å². The smallest absolute Gasteiger partial charge is 0.215 e. The molecule has 0 saturated heterocycles. The Labute approximate surface area is 155 Å². The molecule has 0 aliphatic carbocycles. The third-order valence-electron chi connectivity index (χ3n) is 3.77. The molecule has 0 unspecified atom stereocenters. The second-order valence-electron chi connectivity index (χ2n) is 6.96. The molecule has 26 heavy (non-hydrogen) atoms. The summed E-state index contributed by atoms with van der Waals surface area (Å²) in [6.45, 7) is 14.2. The fourth-order valence-corrected chi connectivity index (χ4v) is 2.28. The van der Waals surface area contributed by atoms with Crippen molar-refractivity contribution in [2.45, 2.75) is 26.2 Å². The van der Waals surface area contributed by atoms with Gasteiger partial charge < -0.3 is 21.5 Å². The van der Waals surface area contributed by atoms with E-state index in [1.54, 1.807) is 12.1 Å². The lowest BCUT2D eigenvalue weighted by atomic mass is 9.86. The quantitative estimate of drug-likeness (QED) is 0.329. The van der Waals surface area contributed by atoms with Crippen molar-refractivity contribution in [2.24, 2.45) is 10.7 Å². The summed E-state index contributed by atoms with van der Waals surface area (Å²) in [5.41, 5.74) is 15.1. The molecule has 0 amide bonds. The van der Waals surface area contributed by atoms with Crippen LogP contribution in [0, 0.1) is 0 Å². The fraction of sp³-hybridized carbons (Fsp3) is 0.190. The second kappa shape index (κ2) is 7.78. The third kappa shape index (κ3) is 5.14. The highest BCUT2D eigenvalue weighted by Crippen LogP contribution is 2.24. The number of nitrogens with zero attached hydrogens (tertiary/aromatic N) is 1. The van der Waals surface area contributed by atoms with E-state index in [-0.39, 0.29) is 17.3 Å². The summed E-state index contributed by atoms with van der Waals surface area (Å²) >= 11 is 0. The van der Waals surface area contributed by atoms with E-state index < -0.39 is 0 Å². The summed E-state index contributed by atoms with van der Waals surface area (Å²) < 4.78 is 5.50. The van der Waals surface area contributed by atoms with E-state index in [9.17, 15) is 0 Å². The van der Waals surface area contributed by atoms with Crippen molar-refractivity contribution >= 4 is 17.3 Å². The maximum atomic E-state index is 5.91. The molecule has 5 heteroatoms. The number of nitrogens with one attached hydrogen (secondary N) is 1. The summed E-state index contributed by atoms with van der Waals surface area (Å²) in [5, 5.41) is 2.95. The van der Waals surface area contributed by atoms with Gasteiger partial charge in [-0.3, -0.25) is 0 Å². The molecule has 2 rings (SSSR count). The van der Waals surface area contributed by atoms with Crippen molar-refractivity contribution in [1.82, 2.24) is 5.32 Å². The van der Waals surface area contributed by atoms with Crippen LogP contribution in [0.4, 0.5) is 5.69 Å². The topological polar surface area (TPSA) is 85.7 Å². The Morgan fingerprint density at radius 2 is 1.65 bits per heavy atom. The van der Waals surface area contributed by atoms with E-state index in [1.165, 1.54) is 5.56 Å². The molecule has 2 aromatic carbocycles. The van der Waals surface area contributed by atoms with Crippen LogP contribution in [0.15, 0.2) is 72.6 Å². The first-order valence-corrected chi connectivity index (χ1v) is 8.29. The van der Waals surface area contributed by atoms with Gasteiger partial charge in [0.2, 0.25) is 11.8 Å². The minimum absolute atomic E-state index is 0.0993. The Morgan fingerprint density at radius 3 is 2.23 bits per heavy atom. The average Bonchev–Trinajstić information content (AvgIpc) is 2.56. The number of hydrogen-bond donors (Lipinski definition) is 3. The number of para-hydroxylation sites is 2. The van der Waals surface area contributed by atoms with Gasteiger partial charge in [-0.15, -0.1) is 0 Å². The zero-order valence-electron chi connectivity index (χ0n) is 15.5. The van der Waals surface area contributed by atoms with Gasteiger partial charge in [-0.05, 0) is 35.3 Å². The van der Waals surface area contributed by atoms with Crippen molar-refractivity contribution in [1.29, 1.82) is 0 Å². The maximum absolute atomic E-state index is 5.91. The van der Waals surface area contributed by atoms with Gasteiger partial charge in [-0.25, -0.2) is 0 Å². The van der Waals surface area contributed by atoms with Gasteiger partial charge >= 0.3 is 0 Å². The molecule has 0 heterocycles. The summed E-state index contributed by atoms with van der Waals surface area (Å²) in [6, 6.07) is 15.3. The molecule has 2 aromatic rings. The second-order valence-corrected chi connectivity index (χ2v) is 6.96.